The van der Waals surface area contributed by atoms with E-state index in [1.54, 1.807) is 20.2 Å². The molecule has 138 valence electrons. The zero-order chi connectivity index (χ0) is 18.4. The third kappa shape index (κ3) is 4.32. The lowest BCUT2D eigenvalue weighted by Crippen LogP contribution is -2.40. The first-order valence-electron chi connectivity index (χ1n) is 8.66. The van der Waals surface area contributed by atoms with Gasteiger partial charge < -0.3 is 20.1 Å². The van der Waals surface area contributed by atoms with E-state index in [0.717, 1.165) is 23.3 Å². The van der Waals surface area contributed by atoms with E-state index in [-0.39, 0.29) is 18.5 Å². The maximum absolute atomic E-state index is 13.7. The van der Waals surface area contributed by atoms with E-state index >= 15 is 0 Å². The molecule has 2 aromatic rings. The highest BCUT2D eigenvalue weighted by molar-refractivity contribution is 5.80. The number of ether oxygens (including phenoxy) is 2. The summed E-state index contributed by atoms with van der Waals surface area (Å²) >= 11 is 0. The Kier molecular flexibility index (Phi) is 6.07. The second kappa shape index (κ2) is 8.67. The number of hydrogen-bond acceptors (Lipinski definition) is 3. The summed E-state index contributed by atoms with van der Waals surface area (Å²) in [5, 5.41) is 6.73. The van der Waals surface area contributed by atoms with Gasteiger partial charge in [-0.15, -0.1) is 0 Å². The minimum atomic E-state index is -0.253. The molecule has 5 nitrogen and oxygen atoms in total. The van der Waals surface area contributed by atoms with Crippen LogP contribution < -0.4 is 15.4 Å². The van der Waals surface area contributed by atoms with Gasteiger partial charge in [-0.2, -0.15) is 0 Å². The highest BCUT2D eigenvalue weighted by Gasteiger charge is 2.21. The average Bonchev–Trinajstić information content (AvgIpc) is 2.67. The summed E-state index contributed by atoms with van der Waals surface area (Å²) in [5.74, 6) is 1.36. The zero-order valence-corrected chi connectivity index (χ0v) is 15.1. The number of benzene rings is 2. The maximum Gasteiger partial charge on any atom is 0.191 e. The summed E-state index contributed by atoms with van der Waals surface area (Å²) in [5.41, 5.74) is 2.65. The Morgan fingerprint density at radius 3 is 2.96 bits per heavy atom. The standard InChI is InChI=1S/C20H24FN3O2/c1-22-20(23-12-14-7-8-17(21)15(11-14)13-25-2)24-18-9-10-26-19-6-4-3-5-16(18)19/h3-8,11,18H,9-10,12-13H2,1-2H3,(H2,22,23,24). The van der Waals surface area contributed by atoms with Crippen LogP contribution in [0.15, 0.2) is 47.5 Å². The molecule has 26 heavy (non-hydrogen) atoms. The summed E-state index contributed by atoms with van der Waals surface area (Å²) in [4.78, 5) is 4.30. The van der Waals surface area contributed by atoms with Gasteiger partial charge in [0.15, 0.2) is 5.96 Å². The summed E-state index contributed by atoms with van der Waals surface area (Å²) in [6, 6.07) is 13.2. The van der Waals surface area contributed by atoms with E-state index in [0.29, 0.717) is 24.7 Å². The van der Waals surface area contributed by atoms with Gasteiger partial charge in [-0.05, 0) is 23.8 Å². The Morgan fingerprint density at radius 1 is 1.31 bits per heavy atom. The molecule has 1 aliphatic heterocycles. The molecule has 0 amide bonds. The lowest BCUT2D eigenvalue weighted by Gasteiger charge is -2.28. The molecule has 0 saturated carbocycles. The van der Waals surface area contributed by atoms with Crippen LogP contribution in [0.5, 0.6) is 5.75 Å². The van der Waals surface area contributed by atoms with Gasteiger partial charge in [0.05, 0.1) is 19.3 Å². The highest BCUT2D eigenvalue weighted by atomic mass is 19.1. The number of nitrogens with zero attached hydrogens (tertiary/aromatic N) is 1. The van der Waals surface area contributed by atoms with Gasteiger partial charge >= 0.3 is 0 Å². The van der Waals surface area contributed by atoms with Crippen molar-refractivity contribution in [3.63, 3.8) is 0 Å². The van der Waals surface area contributed by atoms with Crippen molar-refractivity contribution in [2.45, 2.75) is 25.6 Å². The topological polar surface area (TPSA) is 54.9 Å². The molecule has 1 atom stereocenters. The number of rotatable bonds is 5. The molecular weight excluding hydrogens is 333 g/mol. The molecule has 2 N–H and O–H groups in total. The fourth-order valence-corrected chi connectivity index (χ4v) is 3.04. The van der Waals surface area contributed by atoms with Gasteiger partial charge in [-0.1, -0.05) is 24.3 Å². The molecule has 6 heteroatoms. The van der Waals surface area contributed by atoms with Crippen molar-refractivity contribution in [1.82, 2.24) is 10.6 Å². The van der Waals surface area contributed by atoms with Crippen molar-refractivity contribution in [3.05, 3.63) is 65.0 Å². The van der Waals surface area contributed by atoms with Gasteiger partial charge in [-0.25, -0.2) is 4.39 Å². The van der Waals surface area contributed by atoms with Crippen molar-refractivity contribution < 1.29 is 13.9 Å². The fourth-order valence-electron chi connectivity index (χ4n) is 3.04. The number of methoxy groups -OCH3 is 1. The Bertz CT molecular complexity index is 779. The second-order valence-electron chi connectivity index (χ2n) is 6.16. The Hall–Kier alpha value is -2.60. The molecule has 1 unspecified atom stereocenters. The van der Waals surface area contributed by atoms with Gasteiger partial charge in [0.25, 0.3) is 0 Å². The molecule has 0 bridgehead atoms. The number of hydrogen-bond donors (Lipinski definition) is 2. The van der Waals surface area contributed by atoms with Gasteiger partial charge in [0.2, 0.25) is 0 Å². The van der Waals surface area contributed by atoms with Crippen LogP contribution in [0.4, 0.5) is 4.39 Å². The van der Waals surface area contributed by atoms with Crippen molar-refractivity contribution in [1.29, 1.82) is 0 Å². The summed E-state index contributed by atoms with van der Waals surface area (Å²) in [7, 11) is 3.30. The third-order valence-electron chi connectivity index (χ3n) is 4.36. The SMILES string of the molecule is CN=C(NCc1ccc(F)c(COC)c1)NC1CCOc2ccccc21. The molecule has 0 spiro atoms. The molecule has 0 radical (unpaired) electrons. The predicted molar refractivity (Wildman–Crippen MR) is 99.7 cm³/mol. The molecule has 2 aromatic carbocycles. The van der Waals surface area contributed by atoms with Crippen LogP contribution in [0, 0.1) is 5.82 Å². The van der Waals surface area contributed by atoms with Crippen LogP contribution in [-0.4, -0.2) is 26.7 Å². The first-order chi connectivity index (χ1) is 12.7. The van der Waals surface area contributed by atoms with Gasteiger partial charge in [0, 0.05) is 38.2 Å². The maximum atomic E-state index is 13.7. The Morgan fingerprint density at radius 2 is 2.15 bits per heavy atom. The highest BCUT2D eigenvalue weighted by Crippen LogP contribution is 2.31. The van der Waals surface area contributed by atoms with Crippen molar-refractivity contribution in [3.8, 4) is 5.75 Å². The van der Waals surface area contributed by atoms with Crippen LogP contribution >= 0.6 is 0 Å². The van der Waals surface area contributed by atoms with Crippen molar-refractivity contribution >= 4 is 5.96 Å². The van der Waals surface area contributed by atoms with Crippen LogP contribution in [0.25, 0.3) is 0 Å². The number of guanidine groups is 1. The van der Waals surface area contributed by atoms with E-state index in [2.05, 4.69) is 21.7 Å². The van der Waals surface area contributed by atoms with Crippen molar-refractivity contribution in [2.75, 3.05) is 20.8 Å². The largest absolute Gasteiger partial charge is 0.493 e. The summed E-state index contributed by atoms with van der Waals surface area (Å²) in [6.07, 6.45) is 0.867. The monoisotopic (exact) mass is 357 g/mol. The Labute approximate surface area is 153 Å². The quantitative estimate of drug-likeness (QED) is 0.638. The number of nitrogens with one attached hydrogen (secondary N) is 2. The van der Waals surface area contributed by atoms with E-state index in [1.165, 1.54) is 6.07 Å². The Balaban J connectivity index is 1.64. The molecule has 0 fully saturated rings. The van der Waals surface area contributed by atoms with Crippen LogP contribution in [-0.2, 0) is 17.9 Å². The van der Waals surface area contributed by atoms with Crippen LogP contribution in [0.3, 0.4) is 0 Å². The molecule has 1 heterocycles. The minimum absolute atomic E-state index is 0.142. The average molecular weight is 357 g/mol. The van der Waals surface area contributed by atoms with Crippen LogP contribution in [0.1, 0.15) is 29.2 Å². The van der Waals surface area contributed by atoms with Gasteiger partial charge in [0.1, 0.15) is 11.6 Å². The first kappa shape index (κ1) is 18.2. The smallest absolute Gasteiger partial charge is 0.191 e. The van der Waals surface area contributed by atoms with Crippen molar-refractivity contribution in [2.24, 2.45) is 4.99 Å². The lowest BCUT2D eigenvalue weighted by atomic mass is 10.0. The molecule has 0 aliphatic carbocycles. The van der Waals surface area contributed by atoms with E-state index < -0.39 is 0 Å². The number of fused-ring (bicyclic) bond motifs is 1. The minimum Gasteiger partial charge on any atom is -0.493 e. The van der Waals surface area contributed by atoms with Gasteiger partial charge in [-0.3, -0.25) is 4.99 Å². The summed E-state index contributed by atoms with van der Waals surface area (Å²) < 4.78 is 24.5. The van der Waals surface area contributed by atoms with E-state index in [1.807, 2.05) is 24.3 Å². The normalized spacial score (nSPS) is 16.6. The number of para-hydroxylation sites is 1. The predicted octanol–water partition coefficient (Wildman–Crippen LogP) is 3.16. The number of aliphatic imine (C=N–C) groups is 1. The molecule has 1 aliphatic rings. The summed E-state index contributed by atoms with van der Waals surface area (Å²) in [6.45, 7) is 1.47. The molecule has 3 rings (SSSR count). The van der Waals surface area contributed by atoms with E-state index in [4.69, 9.17) is 9.47 Å². The first-order valence-corrected chi connectivity index (χ1v) is 8.66. The second-order valence-corrected chi connectivity index (χ2v) is 6.16. The lowest BCUT2D eigenvalue weighted by molar-refractivity contribution is 0.181. The molecule has 0 saturated heterocycles. The van der Waals surface area contributed by atoms with Crippen LogP contribution in [0.2, 0.25) is 0 Å². The zero-order valence-electron chi connectivity index (χ0n) is 15.1. The molecule has 0 aromatic heterocycles. The fraction of sp³-hybridized carbons (Fsp3) is 0.350. The molecular formula is C20H24FN3O2. The third-order valence-corrected chi connectivity index (χ3v) is 4.36. The van der Waals surface area contributed by atoms with E-state index in [9.17, 15) is 4.39 Å². The number of halogens is 1.